The van der Waals surface area contributed by atoms with E-state index in [1.54, 1.807) is 0 Å². The number of aliphatic hydroxyl groups excluding tert-OH is 5. The molecule has 0 aromatic carbocycles. The Morgan fingerprint density at radius 3 is 2.00 bits per heavy atom. The van der Waals surface area contributed by atoms with Crippen molar-refractivity contribution in [1.29, 1.82) is 0 Å². The van der Waals surface area contributed by atoms with Gasteiger partial charge in [-0.15, -0.1) is 0 Å². The van der Waals surface area contributed by atoms with Gasteiger partial charge in [-0.1, -0.05) is 0 Å². The Balaban J connectivity index is 2.63. The molecule has 1 aliphatic rings. The van der Waals surface area contributed by atoms with E-state index in [1.165, 1.54) is 0 Å². The Bertz CT molecular complexity index is 146. The zero-order chi connectivity index (χ0) is 9.30. The molecule has 1 aliphatic heterocycles. The molecule has 0 aromatic heterocycles. The number of hydrogen-bond donors (Lipinski definition) is 5. The van der Waals surface area contributed by atoms with Crippen LogP contribution < -0.4 is 0 Å². The van der Waals surface area contributed by atoms with Crippen LogP contribution in [0.4, 0.5) is 0 Å². The van der Waals surface area contributed by atoms with Gasteiger partial charge in [-0.25, -0.2) is 0 Å². The zero-order valence-electron chi connectivity index (χ0n) is 6.24. The molecule has 0 amide bonds. The second-order valence-corrected chi connectivity index (χ2v) is 2.72. The lowest BCUT2D eigenvalue weighted by molar-refractivity contribution is -0.286. The van der Waals surface area contributed by atoms with E-state index >= 15 is 0 Å². The molecule has 0 bridgehead atoms. The molecule has 6 nitrogen and oxygen atoms in total. The molecular weight excluding hydrogens is 168 g/mol. The monoisotopic (exact) mass is 180 g/mol. The molecule has 1 heterocycles. The minimum absolute atomic E-state index is 0.526. The van der Waals surface area contributed by atoms with E-state index < -0.39 is 37.3 Å². The first-order valence-corrected chi connectivity index (χ1v) is 3.56. The summed E-state index contributed by atoms with van der Waals surface area (Å²) in [6, 6.07) is 0. The molecule has 0 spiro atoms. The van der Waals surface area contributed by atoms with Crippen molar-refractivity contribution < 1.29 is 30.3 Å². The Morgan fingerprint density at radius 2 is 1.50 bits per heavy atom. The van der Waals surface area contributed by atoms with E-state index in [0.717, 1.165) is 0 Å². The van der Waals surface area contributed by atoms with E-state index in [4.69, 9.17) is 25.5 Å². The molecule has 0 aliphatic carbocycles. The summed E-state index contributed by atoms with van der Waals surface area (Å²) in [5.74, 6) is 0. The molecule has 1 unspecified atom stereocenters. The predicted octanol–water partition coefficient (Wildman–Crippen LogP) is -3.22. The van der Waals surface area contributed by atoms with Crippen molar-refractivity contribution in [3.05, 3.63) is 0 Å². The quantitative estimate of drug-likeness (QED) is 0.290. The van der Waals surface area contributed by atoms with Gasteiger partial charge in [0.2, 0.25) is 0 Å². The Hall–Kier alpha value is -0.240. The van der Waals surface area contributed by atoms with Gasteiger partial charge in [0.1, 0.15) is 24.4 Å². The normalized spacial score (nSPS) is 49.2. The lowest BCUT2D eigenvalue weighted by Gasteiger charge is -2.37. The van der Waals surface area contributed by atoms with Crippen LogP contribution in [0.2, 0.25) is 0 Å². The van der Waals surface area contributed by atoms with Crippen LogP contribution in [-0.4, -0.2) is 62.8 Å². The largest absolute Gasteiger partial charge is 0.394 e. The van der Waals surface area contributed by atoms with Crippen LogP contribution in [0, 0.1) is 0 Å². The number of ether oxygens (including phenoxy) is 1. The lowest BCUT2D eigenvalue weighted by atomic mass is 10.00. The van der Waals surface area contributed by atoms with Gasteiger partial charge in [0.15, 0.2) is 6.29 Å². The van der Waals surface area contributed by atoms with Crippen molar-refractivity contribution in [2.75, 3.05) is 6.61 Å². The van der Waals surface area contributed by atoms with Crippen LogP contribution >= 0.6 is 0 Å². The van der Waals surface area contributed by atoms with Gasteiger partial charge >= 0.3 is 0 Å². The highest BCUT2D eigenvalue weighted by atomic mass is 16.6. The molecule has 12 heavy (non-hydrogen) atoms. The third kappa shape index (κ3) is 1.58. The number of hydrogen-bond acceptors (Lipinski definition) is 6. The second-order valence-electron chi connectivity index (χ2n) is 2.72. The van der Waals surface area contributed by atoms with E-state index in [2.05, 4.69) is 4.74 Å². The number of aliphatic hydroxyl groups is 5. The summed E-state index contributed by atoms with van der Waals surface area (Å²) in [7, 11) is 0. The van der Waals surface area contributed by atoms with E-state index in [9.17, 15) is 0 Å². The Morgan fingerprint density at radius 1 is 0.917 bits per heavy atom. The van der Waals surface area contributed by atoms with Crippen LogP contribution in [0.5, 0.6) is 0 Å². The van der Waals surface area contributed by atoms with E-state index in [1.807, 2.05) is 0 Å². The maximum absolute atomic E-state index is 9.12. The smallest absolute Gasteiger partial charge is 0.184 e. The van der Waals surface area contributed by atoms with Crippen LogP contribution in [-0.2, 0) is 4.74 Å². The summed E-state index contributed by atoms with van der Waals surface area (Å²) >= 11 is 0. The van der Waals surface area contributed by atoms with Crippen LogP contribution in [0.15, 0.2) is 0 Å². The molecule has 1 rings (SSSR count). The molecule has 0 aromatic rings. The summed E-state index contributed by atoms with van der Waals surface area (Å²) in [5, 5.41) is 44.7. The fraction of sp³-hybridized carbons (Fsp3) is 1.00. The molecule has 1 fully saturated rings. The van der Waals surface area contributed by atoms with Gasteiger partial charge in [0, 0.05) is 0 Å². The maximum Gasteiger partial charge on any atom is 0.184 e. The standard InChI is InChI=1S/C6H12O6/c7-1-2-3(8)4(9)5(10)6(11)12-2/h2-11H,1H2/t2-,3+,4-,5+,6?/m1/s1. The van der Waals surface area contributed by atoms with Crippen molar-refractivity contribution >= 4 is 0 Å². The zero-order valence-corrected chi connectivity index (χ0v) is 6.24. The van der Waals surface area contributed by atoms with Gasteiger partial charge in [0.05, 0.1) is 6.61 Å². The highest BCUT2D eigenvalue weighted by molar-refractivity contribution is 4.87. The summed E-state index contributed by atoms with van der Waals surface area (Å²) < 4.78 is 4.58. The summed E-state index contributed by atoms with van der Waals surface area (Å²) in [6.07, 6.45) is -7.04. The molecule has 0 radical (unpaired) electrons. The predicted molar refractivity (Wildman–Crippen MR) is 36.0 cm³/mol. The topological polar surface area (TPSA) is 110 Å². The molecule has 5 atom stereocenters. The van der Waals surface area contributed by atoms with Gasteiger partial charge in [0.25, 0.3) is 0 Å². The fourth-order valence-electron chi connectivity index (χ4n) is 1.08. The van der Waals surface area contributed by atoms with Crippen LogP contribution in [0.1, 0.15) is 0 Å². The Kier molecular flexibility index (Phi) is 2.99. The molecule has 6 heteroatoms. The SMILES string of the molecule is OC[C@H]1OC(O)[C@@H](O)[C@H](O)[C@H]1O. The maximum atomic E-state index is 9.12. The van der Waals surface area contributed by atoms with Gasteiger partial charge in [-0.2, -0.15) is 0 Å². The van der Waals surface area contributed by atoms with Gasteiger partial charge in [-0.05, 0) is 0 Å². The first-order valence-electron chi connectivity index (χ1n) is 3.56. The van der Waals surface area contributed by atoms with Crippen molar-refractivity contribution in [2.45, 2.75) is 30.7 Å². The third-order valence-electron chi connectivity index (χ3n) is 1.87. The van der Waals surface area contributed by atoms with Gasteiger partial charge < -0.3 is 30.3 Å². The summed E-state index contributed by atoms with van der Waals surface area (Å²) in [6.45, 7) is -0.526. The number of rotatable bonds is 1. The second kappa shape index (κ2) is 3.65. The molecule has 72 valence electrons. The fourth-order valence-corrected chi connectivity index (χ4v) is 1.08. The first kappa shape index (κ1) is 9.85. The van der Waals surface area contributed by atoms with E-state index in [-0.39, 0.29) is 0 Å². The summed E-state index contributed by atoms with van der Waals surface area (Å²) in [5.41, 5.74) is 0. The minimum Gasteiger partial charge on any atom is -0.394 e. The third-order valence-corrected chi connectivity index (χ3v) is 1.87. The highest BCUT2D eigenvalue weighted by Gasteiger charge is 2.42. The van der Waals surface area contributed by atoms with Crippen LogP contribution in [0.25, 0.3) is 0 Å². The average molecular weight is 180 g/mol. The molecule has 1 saturated heterocycles. The van der Waals surface area contributed by atoms with E-state index in [0.29, 0.717) is 0 Å². The first-order chi connectivity index (χ1) is 5.57. The minimum atomic E-state index is -1.57. The van der Waals surface area contributed by atoms with Crippen LogP contribution in [0.3, 0.4) is 0 Å². The van der Waals surface area contributed by atoms with Crippen molar-refractivity contribution in [3.63, 3.8) is 0 Å². The van der Waals surface area contributed by atoms with Crippen molar-refractivity contribution in [1.82, 2.24) is 0 Å². The highest BCUT2D eigenvalue weighted by Crippen LogP contribution is 2.18. The molecular formula is C6H12O6. The van der Waals surface area contributed by atoms with Gasteiger partial charge in [-0.3, -0.25) is 0 Å². The lowest BCUT2D eigenvalue weighted by Crippen LogP contribution is -2.58. The molecule has 0 saturated carbocycles. The van der Waals surface area contributed by atoms with Crippen molar-refractivity contribution in [3.8, 4) is 0 Å². The average Bonchev–Trinajstić information content (AvgIpc) is 2.08. The molecule has 5 N–H and O–H groups in total. The summed E-state index contributed by atoms with van der Waals surface area (Å²) in [4.78, 5) is 0. The Labute approximate surface area is 68.6 Å². The van der Waals surface area contributed by atoms with Crippen molar-refractivity contribution in [2.24, 2.45) is 0 Å².